The van der Waals surface area contributed by atoms with Crippen molar-refractivity contribution in [1.82, 2.24) is 20.4 Å². The number of anilines is 1. The van der Waals surface area contributed by atoms with Crippen molar-refractivity contribution in [2.75, 3.05) is 39.0 Å². The molecule has 1 saturated heterocycles. The molecule has 1 fully saturated rings. The van der Waals surface area contributed by atoms with Crippen molar-refractivity contribution >= 4 is 23.9 Å². The molecule has 2 aromatic rings. The lowest BCUT2D eigenvalue weighted by molar-refractivity contribution is 0.0528. The van der Waals surface area contributed by atoms with E-state index in [9.17, 15) is 18.8 Å². The average molecular weight is 558 g/mol. The Kier molecular flexibility index (Phi) is 10.6. The zero-order valence-electron chi connectivity index (χ0n) is 23.9. The summed E-state index contributed by atoms with van der Waals surface area (Å²) in [6.07, 6.45) is 1.26. The molecule has 218 valence electrons. The van der Waals surface area contributed by atoms with Gasteiger partial charge in [-0.3, -0.25) is 0 Å². The van der Waals surface area contributed by atoms with Crippen molar-refractivity contribution in [3.8, 4) is 5.75 Å². The van der Waals surface area contributed by atoms with Crippen LogP contribution in [0.25, 0.3) is 0 Å². The topological polar surface area (TPSA) is 112 Å². The second-order valence-corrected chi connectivity index (χ2v) is 11.0. The zero-order valence-corrected chi connectivity index (χ0v) is 23.9. The van der Waals surface area contributed by atoms with Crippen LogP contribution in [-0.2, 0) is 17.7 Å². The lowest BCUT2D eigenvalue weighted by Crippen LogP contribution is -2.46. The Hall–Kier alpha value is -4.02. The van der Waals surface area contributed by atoms with Gasteiger partial charge in [0.2, 0.25) is 0 Å². The second kappa shape index (κ2) is 13.9. The molecule has 0 radical (unpaired) electrons. The molecule has 3 rings (SSSR count). The lowest BCUT2D eigenvalue weighted by atomic mass is 10.0. The number of benzene rings is 2. The first-order valence-electron chi connectivity index (χ1n) is 13.4. The summed E-state index contributed by atoms with van der Waals surface area (Å²) >= 11 is 0. The van der Waals surface area contributed by atoms with Crippen LogP contribution in [0.15, 0.2) is 42.5 Å². The Morgan fingerprint density at radius 3 is 2.30 bits per heavy atom. The predicted octanol–water partition coefficient (Wildman–Crippen LogP) is 4.74. The van der Waals surface area contributed by atoms with Crippen molar-refractivity contribution in [2.45, 2.75) is 58.2 Å². The van der Waals surface area contributed by atoms with Gasteiger partial charge in [0.25, 0.3) is 0 Å². The molecular weight excluding hydrogens is 517 g/mol. The van der Waals surface area contributed by atoms with Crippen LogP contribution in [0.3, 0.4) is 0 Å². The lowest BCUT2D eigenvalue weighted by Gasteiger charge is -2.33. The molecule has 4 amide bonds. The summed E-state index contributed by atoms with van der Waals surface area (Å²) in [5, 5.41) is 9.06. The first-order valence-corrected chi connectivity index (χ1v) is 13.4. The van der Waals surface area contributed by atoms with E-state index in [1.54, 1.807) is 4.90 Å². The third-order valence-corrected chi connectivity index (χ3v) is 6.21. The molecule has 1 aliphatic heterocycles. The maximum atomic E-state index is 14.4. The number of urea groups is 1. The summed E-state index contributed by atoms with van der Waals surface area (Å²) < 4.78 is 24.7. The highest BCUT2D eigenvalue weighted by molar-refractivity contribution is 5.74. The van der Waals surface area contributed by atoms with Gasteiger partial charge < -0.3 is 35.2 Å². The first kappa shape index (κ1) is 30.5. The smallest absolute Gasteiger partial charge is 0.414 e. The molecule has 40 heavy (non-hydrogen) atoms. The standard InChI is InChI=1S/C29H40FN5O5/c1-29(2,3)40-27(37)31-15-12-20-6-9-22(10-7-20)33-23-13-16-35(17-14-23)26(36)32-19-21-8-11-24(18-25(21)30)39-28(38)34(4)5/h6-11,18,23,33H,12-17,19H2,1-5H3,(H,31,37)(H,32,36). The Bertz CT molecular complexity index is 1160. The van der Waals surface area contributed by atoms with E-state index in [4.69, 9.17) is 9.47 Å². The third kappa shape index (κ3) is 9.94. The van der Waals surface area contributed by atoms with E-state index >= 15 is 0 Å². The van der Waals surface area contributed by atoms with E-state index in [2.05, 4.69) is 16.0 Å². The van der Waals surface area contributed by atoms with Crippen molar-refractivity contribution in [3.63, 3.8) is 0 Å². The molecule has 1 aliphatic rings. The van der Waals surface area contributed by atoms with Gasteiger partial charge in [-0.2, -0.15) is 0 Å². The number of carbonyl (C=O) groups excluding carboxylic acids is 3. The Balaban J connectivity index is 1.37. The van der Waals surface area contributed by atoms with Crippen LogP contribution in [0.5, 0.6) is 5.75 Å². The highest BCUT2D eigenvalue weighted by Crippen LogP contribution is 2.19. The number of piperidine rings is 1. The number of halogens is 1. The second-order valence-electron chi connectivity index (χ2n) is 11.0. The van der Waals surface area contributed by atoms with Gasteiger partial charge in [0.1, 0.15) is 17.2 Å². The number of nitrogens with zero attached hydrogens (tertiary/aromatic N) is 2. The molecule has 3 N–H and O–H groups in total. The minimum absolute atomic E-state index is 0.0321. The number of likely N-dealkylation sites (tertiary alicyclic amines) is 1. The average Bonchev–Trinajstić information content (AvgIpc) is 2.88. The van der Waals surface area contributed by atoms with Gasteiger partial charge in [-0.15, -0.1) is 0 Å². The van der Waals surface area contributed by atoms with E-state index in [0.29, 0.717) is 31.6 Å². The molecule has 2 aromatic carbocycles. The highest BCUT2D eigenvalue weighted by Gasteiger charge is 2.23. The predicted molar refractivity (Wildman–Crippen MR) is 151 cm³/mol. The number of amides is 4. The van der Waals surface area contributed by atoms with Crippen LogP contribution in [-0.4, -0.2) is 73.4 Å². The normalized spacial score (nSPS) is 13.8. The molecule has 0 saturated carbocycles. The van der Waals surface area contributed by atoms with Crippen LogP contribution in [0.1, 0.15) is 44.7 Å². The summed E-state index contributed by atoms with van der Waals surface area (Å²) in [6, 6.07) is 12.2. The minimum atomic E-state index is -0.597. The summed E-state index contributed by atoms with van der Waals surface area (Å²) in [5.74, 6) is -0.455. The molecule has 0 aromatic heterocycles. The van der Waals surface area contributed by atoms with E-state index in [1.807, 2.05) is 45.0 Å². The number of ether oxygens (including phenoxy) is 2. The molecular formula is C29H40FN5O5. The highest BCUT2D eigenvalue weighted by atomic mass is 19.1. The van der Waals surface area contributed by atoms with Gasteiger partial charge in [-0.1, -0.05) is 18.2 Å². The van der Waals surface area contributed by atoms with Gasteiger partial charge >= 0.3 is 18.2 Å². The number of hydrogen-bond donors (Lipinski definition) is 3. The van der Waals surface area contributed by atoms with E-state index in [0.717, 1.165) is 30.2 Å². The summed E-state index contributed by atoms with van der Waals surface area (Å²) in [7, 11) is 3.08. The molecule has 0 bridgehead atoms. The fraction of sp³-hybridized carbons (Fsp3) is 0.483. The van der Waals surface area contributed by atoms with Gasteiger partial charge in [0.05, 0.1) is 0 Å². The van der Waals surface area contributed by atoms with Crippen LogP contribution >= 0.6 is 0 Å². The van der Waals surface area contributed by atoms with E-state index < -0.39 is 23.6 Å². The van der Waals surface area contributed by atoms with E-state index in [1.165, 1.54) is 31.1 Å². The fourth-order valence-corrected chi connectivity index (χ4v) is 4.06. The van der Waals surface area contributed by atoms with E-state index in [-0.39, 0.29) is 24.4 Å². The SMILES string of the molecule is CN(C)C(=O)Oc1ccc(CNC(=O)N2CCC(Nc3ccc(CCNC(=O)OC(C)(C)C)cc3)CC2)c(F)c1. The van der Waals surface area contributed by atoms with Gasteiger partial charge in [-0.25, -0.2) is 18.8 Å². The number of carbonyl (C=O) groups is 3. The van der Waals surface area contributed by atoms with Gasteiger partial charge in [0, 0.05) is 63.6 Å². The fourth-order valence-electron chi connectivity index (χ4n) is 4.06. The number of alkyl carbamates (subject to hydrolysis) is 1. The van der Waals surface area contributed by atoms with Gasteiger partial charge in [-0.05, 0) is 63.8 Å². The Morgan fingerprint density at radius 1 is 1.02 bits per heavy atom. The third-order valence-electron chi connectivity index (χ3n) is 6.21. The number of hydrogen-bond acceptors (Lipinski definition) is 6. The van der Waals surface area contributed by atoms with Crippen LogP contribution in [0, 0.1) is 5.82 Å². The number of rotatable bonds is 8. The van der Waals surface area contributed by atoms with Crippen LogP contribution in [0.2, 0.25) is 0 Å². The van der Waals surface area contributed by atoms with Crippen molar-refractivity contribution in [2.24, 2.45) is 0 Å². The minimum Gasteiger partial charge on any atom is -0.444 e. The van der Waals surface area contributed by atoms with Crippen molar-refractivity contribution < 1.29 is 28.2 Å². The van der Waals surface area contributed by atoms with Crippen LogP contribution in [0.4, 0.5) is 24.5 Å². The Morgan fingerprint density at radius 2 is 1.70 bits per heavy atom. The van der Waals surface area contributed by atoms with Crippen molar-refractivity contribution in [3.05, 3.63) is 59.4 Å². The van der Waals surface area contributed by atoms with Crippen molar-refractivity contribution in [1.29, 1.82) is 0 Å². The first-order chi connectivity index (χ1) is 18.9. The summed E-state index contributed by atoms with van der Waals surface area (Å²) in [6.45, 7) is 7.18. The molecule has 0 unspecified atom stereocenters. The largest absolute Gasteiger partial charge is 0.444 e. The maximum absolute atomic E-state index is 14.4. The molecule has 1 heterocycles. The Labute approximate surface area is 235 Å². The summed E-state index contributed by atoms with van der Waals surface area (Å²) in [4.78, 5) is 39.0. The van der Waals surface area contributed by atoms with Gasteiger partial charge in [0.15, 0.2) is 0 Å². The van der Waals surface area contributed by atoms with Crippen LogP contribution < -0.4 is 20.7 Å². The molecule has 0 spiro atoms. The number of nitrogens with one attached hydrogen (secondary N) is 3. The maximum Gasteiger partial charge on any atom is 0.414 e. The molecule has 11 heteroatoms. The quantitative estimate of drug-likeness (QED) is 0.432. The molecule has 0 atom stereocenters. The zero-order chi connectivity index (χ0) is 29.3. The molecule has 0 aliphatic carbocycles. The monoisotopic (exact) mass is 557 g/mol. The molecule has 10 nitrogen and oxygen atoms in total. The summed E-state index contributed by atoms with van der Waals surface area (Å²) in [5.41, 5.74) is 1.89.